The molecule has 1 fully saturated rings. The molecule has 0 amide bonds. The highest BCUT2D eigenvalue weighted by Crippen LogP contribution is 2.26. The standard InChI is InChI=1S/C24H28N4O3S/c1-17-15-19(3)22(16-18(17)2)23-9-10-24(26-25-23)27-11-13-28(14-12-27)32(29,30)21-7-5-20(31-4)6-8-21/h5-10,15-16H,11-14H2,1-4H3. The second-order valence-electron chi connectivity index (χ2n) is 8.09. The Bertz CT molecular complexity index is 1200. The fourth-order valence-corrected chi connectivity index (χ4v) is 5.35. The first-order valence-electron chi connectivity index (χ1n) is 10.6. The van der Waals surface area contributed by atoms with Crippen LogP contribution in [0.4, 0.5) is 5.82 Å². The summed E-state index contributed by atoms with van der Waals surface area (Å²) in [7, 11) is -1.98. The van der Waals surface area contributed by atoms with Crippen LogP contribution in [0.15, 0.2) is 53.4 Å². The first kappa shape index (κ1) is 22.2. The third-order valence-corrected chi connectivity index (χ3v) is 7.94. The Hall–Kier alpha value is -2.97. The predicted octanol–water partition coefficient (Wildman–Crippen LogP) is 3.59. The van der Waals surface area contributed by atoms with E-state index in [1.54, 1.807) is 31.4 Å². The van der Waals surface area contributed by atoms with Crippen molar-refractivity contribution in [2.24, 2.45) is 0 Å². The fraction of sp³-hybridized carbons (Fsp3) is 0.333. The number of anilines is 1. The van der Waals surface area contributed by atoms with Crippen LogP contribution in [0.3, 0.4) is 0 Å². The van der Waals surface area contributed by atoms with Crippen LogP contribution in [0.1, 0.15) is 16.7 Å². The molecule has 8 heteroatoms. The van der Waals surface area contributed by atoms with Gasteiger partial charge in [0.1, 0.15) is 5.75 Å². The van der Waals surface area contributed by atoms with Gasteiger partial charge >= 0.3 is 0 Å². The molecule has 7 nitrogen and oxygen atoms in total. The predicted molar refractivity (Wildman–Crippen MR) is 126 cm³/mol. The number of rotatable bonds is 5. The van der Waals surface area contributed by atoms with Gasteiger partial charge in [0.2, 0.25) is 10.0 Å². The topological polar surface area (TPSA) is 75.6 Å². The van der Waals surface area contributed by atoms with Crippen molar-refractivity contribution in [1.82, 2.24) is 14.5 Å². The molecule has 2 heterocycles. The molecule has 2 aromatic carbocycles. The lowest BCUT2D eigenvalue weighted by atomic mass is 9.99. The highest BCUT2D eigenvalue weighted by molar-refractivity contribution is 7.89. The summed E-state index contributed by atoms with van der Waals surface area (Å²) in [5, 5.41) is 8.88. The summed E-state index contributed by atoms with van der Waals surface area (Å²) in [6.07, 6.45) is 0. The van der Waals surface area contributed by atoms with Crippen LogP contribution < -0.4 is 9.64 Å². The minimum absolute atomic E-state index is 0.277. The van der Waals surface area contributed by atoms with E-state index in [0.29, 0.717) is 31.9 Å². The van der Waals surface area contributed by atoms with Crippen molar-refractivity contribution in [3.05, 3.63) is 65.2 Å². The van der Waals surface area contributed by atoms with E-state index in [-0.39, 0.29) is 4.90 Å². The van der Waals surface area contributed by atoms with E-state index in [4.69, 9.17) is 4.74 Å². The lowest BCUT2D eigenvalue weighted by Gasteiger charge is -2.34. The lowest BCUT2D eigenvalue weighted by molar-refractivity contribution is 0.383. The van der Waals surface area contributed by atoms with Crippen LogP contribution in [-0.4, -0.2) is 56.2 Å². The van der Waals surface area contributed by atoms with E-state index in [1.165, 1.54) is 21.0 Å². The van der Waals surface area contributed by atoms with Gasteiger partial charge in [0.15, 0.2) is 5.82 Å². The maximum Gasteiger partial charge on any atom is 0.243 e. The van der Waals surface area contributed by atoms with E-state index in [9.17, 15) is 8.42 Å². The van der Waals surface area contributed by atoms with E-state index in [2.05, 4.69) is 48.0 Å². The van der Waals surface area contributed by atoms with Gasteiger partial charge in [0.05, 0.1) is 17.7 Å². The molecule has 168 valence electrons. The van der Waals surface area contributed by atoms with E-state index in [0.717, 1.165) is 17.1 Å². The molecule has 1 saturated heterocycles. The second kappa shape index (κ2) is 8.88. The summed E-state index contributed by atoms with van der Waals surface area (Å²) < 4.78 is 32.5. The number of hydrogen-bond donors (Lipinski definition) is 0. The average Bonchev–Trinajstić information content (AvgIpc) is 2.82. The molecular weight excluding hydrogens is 424 g/mol. The van der Waals surface area contributed by atoms with Gasteiger partial charge < -0.3 is 9.64 Å². The zero-order valence-electron chi connectivity index (χ0n) is 18.9. The summed E-state index contributed by atoms with van der Waals surface area (Å²) in [6, 6.07) is 14.8. The molecule has 0 unspecified atom stereocenters. The molecule has 0 bridgehead atoms. The summed E-state index contributed by atoms with van der Waals surface area (Å²) in [6.45, 7) is 8.20. The van der Waals surface area contributed by atoms with Crippen LogP contribution in [0, 0.1) is 20.8 Å². The van der Waals surface area contributed by atoms with Gasteiger partial charge in [-0.15, -0.1) is 10.2 Å². The van der Waals surface area contributed by atoms with Crippen LogP contribution >= 0.6 is 0 Å². The lowest BCUT2D eigenvalue weighted by Crippen LogP contribution is -2.48. The Kier molecular flexibility index (Phi) is 6.17. The molecule has 0 radical (unpaired) electrons. The summed E-state index contributed by atoms with van der Waals surface area (Å²) in [5.74, 6) is 1.39. The van der Waals surface area contributed by atoms with Crippen molar-refractivity contribution in [2.75, 3.05) is 38.2 Å². The Labute approximate surface area is 189 Å². The largest absolute Gasteiger partial charge is 0.497 e. The molecule has 4 rings (SSSR count). The highest BCUT2D eigenvalue weighted by atomic mass is 32.2. The van der Waals surface area contributed by atoms with Gasteiger partial charge in [-0.25, -0.2) is 8.42 Å². The van der Waals surface area contributed by atoms with Crippen LogP contribution in [0.2, 0.25) is 0 Å². The van der Waals surface area contributed by atoms with Crippen molar-refractivity contribution < 1.29 is 13.2 Å². The summed E-state index contributed by atoms with van der Waals surface area (Å²) >= 11 is 0. The maximum absolute atomic E-state index is 13.0. The van der Waals surface area contributed by atoms with E-state index < -0.39 is 10.0 Å². The van der Waals surface area contributed by atoms with Crippen molar-refractivity contribution >= 4 is 15.8 Å². The van der Waals surface area contributed by atoms with Crippen LogP contribution in [-0.2, 0) is 10.0 Å². The number of ether oxygens (including phenoxy) is 1. The number of nitrogens with zero attached hydrogens (tertiary/aromatic N) is 4. The third kappa shape index (κ3) is 4.33. The first-order valence-corrected chi connectivity index (χ1v) is 12.0. The summed E-state index contributed by atoms with van der Waals surface area (Å²) in [5.41, 5.74) is 5.59. The Morgan fingerprint density at radius 3 is 2.06 bits per heavy atom. The van der Waals surface area contributed by atoms with Gasteiger partial charge in [0, 0.05) is 31.7 Å². The normalized spacial score (nSPS) is 15.1. The number of aryl methyl sites for hydroxylation is 3. The number of sulfonamides is 1. The molecule has 0 spiro atoms. The number of benzene rings is 2. The summed E-state index contributed by atoms with van der Waals surface area (Å²) in [4.78, 5) is 2.35. The molecule has 1 aliphatic heterocycles. The number of piperazine rings is 1. The number of hydrogen-bond acceptors (Lipinski definition) is 6. The zero-order chi connectivity index (χ0) is 22.9. The van der Waals surface area contributed by atoms with Crippen LogP contribution in [0.5, 0.6) is 5.75 Å². The van der Waals surface area contributed by atoms with Gasteiger partial charge in [-0.05, 0) is 79.9 Å². The minimum Gasteiger partial charge on any atom is -0.497 e. The molecule has 32 heavy (non-hydrogen) atoms. The van der Waals surface area contributed by atoms with Crippen molar-refractivity contribution in [3.8, 4) is 17.0 Å². The Morgan fingerprint density at radius 1 is 0.812 bits per heavy atom. The van der Waals surface area contributed by atoms with E-state index in [1.807, 2.05) is 12.1 Å². The molecule has 0 atom stereocenters. The Morgan fingerprint density at radius 2 is 1.47 bits per heavy atom. The van der Waals surface area contributed by atoms with E-state index >= 15 is 0 Å². The highest BCUT2D eigenvalue weighted by Gasteiger charge is 2.29. The van der Waals surface area contributed by atoms with Crippen LogP contribution in [0.25, 0.3) is 11.3 Å². The average molecular weight is 453 g/mol. The maximum atomic E-state index is 13.0. The minimum atomic E-state index is -3.53. The first-order chi connectivity index (χ1) is 15.3. The zero-order valence-corrected chi connectivity index (χ0v) is 19.7. The smallest absolute Gasteiger partial charge is 0.243 e. The molecule has 0 saturated carbocycles. The van der Waals surface area contributed by atoms with Gasteiger partial charge in [-0.3, -0.25) is 0 Å². The fourth-order valence-electron chi connectivity index (χ4n) is 3.93. The van der Waals surface area contributed by atoms with Crippen molar-refractivity contribution in [1.29, 1.82) is 0 Å². The molecule has 1 aliphatic rings. The quantitative estimate of drug-likeness (QED) is 0.589. The number of aromatic nitrogens is 2. The second-order valence-corrected chi connectivity index (χ2v) is 10.0. The molecular formula is C24H28N4O3S. The van der Waals surface area contributed by atoms with Gasteiger partial charge in [-0.1, -0.05) is 6.07 Å². The third-order valence-electron chi connectivity index (χ3n) is 6.03. The molecule has 0 N–H and O–H groups in total. The van der Waals surface area contributed by atoms with Gasteiger partial charge in [0.25, 0.3) is 0 Å². The molecule has 0 aliphatic carbocycles. The molecule has 3 aromatic rings. The molecule has 1 aromatic heterocycles. The SMILES string of the molecule is COc1ccc(S(=O)(=O)N2CCN(c3ccc(-c4cc(C)c(C)cc4C)nn3)CC2)cc1. The van der Waals surface area contributed by atoms with Crippen molar-refractivity contribution in [2.45, 2.75) is 25.7 Å². The number of methoxy groups -OCH3 is 1. The van der Waals surface area contributed by atoms with Crippen molar-refractivity contribution in [3.63, 3.8) is 0 Å². The monoisotopic (exact) mass is 452 g/mol. The van der Waals surface area contributed by atoms with Gasteiger partial charge in [-0.2, -0.15) is 4.31 Å². The Balaban J connectivity index is 1.45.